The van der Waals surface area contributed by atoms with Gasteiger partial charge in [0.05, 0.1) is 18.1 Å². The molecule has 6 nitrogen and oxygen atoms in total. The molecular weight excluding hydrogens is 306 g/mol. The first kappa shape index (κ1) is 16.9. The molecule has 3 heterocycles. The predicted octanol–water partition coefficient (Wildman–Crippen LogP) is 1.39. The van der Waals surface area contributed by atoms with E-state index in [0.717, 1.165) is 31.0 Å². The van der Waals surface area contributed by atoms with E-state index in [2.05, 4.69) is 10.2 Å². The van der Waals surface area contributed by atoms with Crippen LogP contribution in [0.3, 0.4) is 0 Å². The van der Waals surface area contributed by atoms with Crippen molar-refractivity contribution in [3.63, 3.8) is 0 Å². The predicted molar refractivity (Wildman–Crippen MR) is 90.9 cm³/mol. The summed E-state index contributed by atoms with van der Waals surface area (Å²) in [5.74, 6) is 0.738. The second kappa shape index (κ2) is 5.83. The number of likely N-dealkylation sites (tertiary alicyclic amines) is 1. The number of nitrogens with zero attached hydrogens (tertiary/aromatic N) is 2. The van der Waals surface area contributed by atoms with Gasteiger partial charge in [-0.15, -0.1) is 0 Å². The molecule has 0 aromatic heterocycles. The van der Waals surface area contributed by atoms with E-state index >= 15 is 0 Å². The maximum absolute atomic E-state index is 12.5. The molecule has 0 aromatic rings. The lowest BCUT2D eigenvalue weighted by atomic mass is 10.1. The van der Waals surface area contributed by atoms with Crippen LogP contribution < -0.4 is 5.32 Å². The highest BCUT2D eigenvalue weighted by Crippen LogP contribution is 2.31. The molecule has 0 aromatic carbocycles. The van der Waals surface area contributed by atoms with Crippen LogP contribution in [0.5, 0.6) is 0 Å². The first-order valence-electron chi connectivity index (χ1n) is 8.65. The van der Waals surface area contributed by atoms with Gasteiger partial charge in [-0.3, -0.25) is 9.59 Å². The van der Waals surface area contributed by atoms with Crippen LogP contribution in [0, 0.1) is 0 Å². The van der Waals surface area contributed by atoms with E-state index in [1.807, 2.05) is 39.5 Å². The SMILES string of the molecule is C[C@@H]1NC(=O)C=C1N1CC[C@H](N2C(=O)C=C(OC(C)(C)C)[C@@H]2C)C1. The molecule has 3 aliphatic rings. The van der Waals surface area contributed by atoms with Gasteiger partial charge in [0.15, 0.2) is 0 Å². The van der Waals surface area contributed by atoms with Gasteiger partial charge < -0.3 is 19.9 Å². The molecule has 0 unspecified atom stereocenters. The zero-order valence-electron chi connectivity index (χ0n) is 15.1. The van der Waals surface area contributed by atoms with Gasteiger partial charge in [0.1, 0.15) is 11.4 Å². The normalized spacial score (nSPS) is 30.6. The van der Waals surface area contributed by atoms with Crippen LogP contribution in [0.25, 0.3) is 0 Å². The number of hydrogen-bond donors (Lipinski definition) is 1. The second-order valence-electron chi connectivity index (χ2n) is 7.87. The summed E-state index contributed by atoms with van der Waals surface area (Å²) in [6.45, 7) is 11.6. The van der Waals surface area contributed by atoms with Gasteiger partial charge in [0.25, 0.3) is 5.91 Å². The molecule has 0 spiro atoms. The Bertz CT molecular complexity index is 617. The van der Waals surface area contributed by atoms with E-state index in [-0.39, 0.29) is 35.5 Å². The van der Waals surface area contributed by atoms with Crippen molar-refractivity contribution >= 4 is 11.8 Å². The maximum Gasteiger partial charge on any atom is 0.250 e. The summed E-state index contributed by atoms with van der Waals surface area (Å²) in [6.07, 6.45) is 4.21. The second-order valence-corrected chi connectivity index (χ2v) is 7.87. The molecule has 24 heavy (non-hydrogen) atoms. The highest BCUT2D eigenvalue weighted by atomic mass is 16.5. The van der Waals surface area contributed by atoms with E-state index in [0.29, 0.717) is 0 Å². The molecule has 0 radical (unpaired) electrons. The van der Waals surface area contributed by atoms with Gasteiger partial charge in [-0.25, -0.2) is 0 Å². The van der Waals surface area contributed by atoms with Crippen LogP contribution in [0.1, 0.15) is 41.0 Å². The third kappa shape index (κ3) is 3.14. The quantitative estimate of drug-likeness (QED) is 0.848. The minimum absolute atomic E-state index is 0.0243. The molecule has 1 saturated heterocycles. The minimum Gasteiger partial charge on any atom is -0.490 e. The lowest BCUT2D eigenvalue weighted by molar-refractivity contribution is -0.128. The van der Waals surface area contributed by atoms with Crippen molar-refractivity contribution in [3.8, 4) is 0 Å². The lowest BCUT2D eigenvalue weighted by Gasteiger charge is -2.32. The van der Waals surface area contributed by atoms with Gasteiger partial charge in [0, 0.05) is 30.9 Å². The van der Waals surface area contributed by atoms with E-state index in [9.17, 15) is 9.59 Å². The molecule has 0 saturated carbocycles. The molecule has 1 fully saturated rings. The van der Waals surface area contributed by atoms with Crippen LogP contribution in [0.2, 0.25) is 0 Å². The van der Waals surface area contributed by atoms with E-state index in [4.69, 9.17) is 4.74 Å². The average Bonchev–Trinajstić information content (AvgIpc) is 3.09. The summed E-state index contributed by atoms with van der Waals surface area (Å²) >= 11 is 0. The van der Waals surface area contributed by atoms with Gasteiger partial charge in [-0.2, -0.15) is 0 Å². The Kier molecular flexibility index (Phi) is 4.10. The molecular formula is C18H27N3O3. The number of ether oxygens (including phenoxy) is 1. The topological polar surface area (TPSA) is 61.9 Å². The van der Waals surface area contributed by atoms with Crippen molar-refractivity contribution in [2.45, 2.75) is 64.8 Å². The monoisotopic (exact) mass is 333 g/mol. The lowest BCUT2D eigenvalue weighted by Crippen LogP contribution is -2.44. The van der Waals surface area contributed by atoms with Gasteiger partial charge >= 0.3 is 0 Å². The summed E-state index contributed by atoms with van der Waals surface area (Å²) in [7, 11) is 0. The molecule has 3 aliphatic heterocycles. The molecule has 0 aliphatic carbocycles. The molecule has 2 amide bonds. The van der Waals surface area contributed by atoms with Crippen molar-refractivity contribution in [1.29, 1.82) is 0 Å². The number of nitrogens with one attached hydrogen (secondary N) is 1. The fraction of sp³-hybridized carbons (Fsp3) is 0.667. The number of rotatable bonds is 3. The Labute approximate surface area is 143 Å². The van der Waals surface area contributed by atoms with E-state index < -0.39 is 0 Å². The molecule has 3 rings (SSSR count). The number of hydrogen-bond acceptors (Lipinski definition) is 4. The van der Waals surface area contributed by atoms with Crippen LogP contribution in [0.4, 0.5) is 0 Å². The first-order valence-corrected chi connectivity index (χ1v) is 8.65. The first-order chi connectivity index (χ1) is 11.2. The van der Waals surface area contributed by atoms with E-state index in [1.54, 1.807) is 12.2 Å². The van der Waals surface area contributed by atoms with Crippen molar-refractivity contribution in [2.24, 2.45) is 0 Å². The largest absolute Gasteiger partial charge is 0.490 e. The Morgan fingerprint density at radius 1 is 1.21 bits per heavy atom. The number of amides is 2. The summed E-state index contributed by atoms with van der Waals surface area (Å²) in [5, 5.41) is 2.89. The van der Waals surface area contributed by atoms with Crippen LogP contribution >= 0.6 is 0 Å². The van der Waals surface area contributed by atoms with Crippen molar-refractivity contribution in [1.82, 2.24) is 15.1 Å². The maximum atomic E-state index is 12.5. The Balaban J connectivity index is 1.68. The summed E-state index contributed by atoms with van der Waals surface area (Å²) < 4.78 is 5.95. The zero-order valence-corrected chi connectivity index (χ0v) is 15.1. The van der Waals surface area contributed by atoms with Gasteiger partial charge in [-0.05, 0) is 41.0 Å². The van der Waals surface area contributed by atoms with Crippen molar-refractivity contribution < 1.29 is 14.3 Å². The van der Waals surface area contributed by atoms with Crippen LogP contribution in [0.15, 0.2) is 23.6 Å². The Morgan fingerprint density at radius 3 is 2.50 bits per heavy atom. The van der Waals surface area contributed by atoms with Gasteiger partial charge in [-0.1, -0.05) is 0 Å². The third-order valence-electron chi connectivity index (χ3n) is 4.78. The van der Waals surface area contributed by atoms with Crippen LogP contribution in [-0.4, -0.2) is 58.4 Å². The highest BCUT2D eigenvalue weighted by molar-refractivity contribution is 5.92. The standard InChI is InChI=1S/C18H27N3O3/c1-11-14(8-16(22)19-11)20-7-6-13(10-20)21-12(2)15(9-17(21)23)24-18(3,4)5/h8-9,11-13H,6-7,10H2,1-5H3,(H,19,22)/t11-,12-,13-/m0/s1. The third-order valence-corrected chi connectivity index (χ3v) is 4.78. The summed E-state index contributed by atoms with van der Waals surface area (Å²) in [4.78, 5) is 28.2. The zero-order chi connectivity index (χ0) is 17.6. The minimum atomic E-state index is -0.311. The molecule has 3 atom stereocenters. The number of carbonyl (C=O) groups is 2. The molecule has 1 N–H and O–H groups in total. The summed E-state index contributed by atoms with van der Waals surface area (Å²) in [5.41, 5.74) is 0.717. The van der Waals surface area contributed by atoms with Crippen LogP contribution in [-0.2, 0) is 14.3 Å². The Morgan fingerprint density at radius 2 is 1.92 bits per heavy atom. The average molecular weight is 333 g/mol. The fourth-order valence-corrected chi connectivity index (χ4v) is 3.77. The molecule has 6 heteroatoms. The smallest absolute Gasteiger partial charge is 0.250 e. The molecule has 0 bridgehead atoms. The highest BCUT2D eigenvalue weighted by Gasteiger charge is 2.41. The number of carbonyl (C=O) groups excluding carboxylic acids is 2. The van der Waals surface area contributed by atoms with Crippen molar-refractivity contribution in [3.05, 3.63) is 23.6 Å². The molecule has 132 valence electrons. The Hall–Kier alpha value is -1.98. The van der Waals surface area contributed by atoms with Gasteiger partial charge in [0.2, 0.25) is 5.91 Å². The van der Waals surface area contributed by atoms with E-state index in [1.165, 1.54) is 0 Å². The summed E-state index contributed by atoms with van der Waals surface area (Å²) in [6, 6.07) is 0.144. The van der Waals surface area contributed by atoms with Crippen molar-refractivity contribution in [2.75, 3.05) is 13.1 Å². The fourth-order valence-electron chi connectivity index (χ4n) is 3.77.